The van der Waals surface area contributed by atoms with Crippen LogP contribution in [0, 0.1) is 15.9 Å². The number of nitro groups is 1. The molecule has 0 saturated heterocycles. The van der Waals surface area contributed by atoms with Gasteiger partial charge in [0.15, 0.2) is 0 Å². The Morgan fingerprint density at radius 2 is 2.05 bits per heavy atom. The van der Waals surface area contributed by atoms with Gasteiger partial charge in [-0.1, -0.05) is 0 Å². The Hall–Kier alpha value is -1.73. The lowest BCUT2D eigenvalue weighted by Crippen LogP contribution is -2.38. The normalized spacial score (nSPS) is 12.2. The van der Waals surface area contributed by atoms with Crippen LogP contribution in [0.25, 0.3) is 0 Å². The Balaban J connectivity index is 3.08. The Morgan fingerprint density at radius 1 is 1.35 bits per heavy atom. The summed E-state index contributed by atoms with van der Waals surface area (Å²) in [6.07, 6.45) is 0. The predicted molar refractivity (Wildman–Crippen MR) is 73.6 cm³/mol. The molecule has 0 bridgehead atoms. The Morgan fingerprint density at radius 3 is 2.60 bits per heavy atom. The van der Waals surface area contributed by atoms with Crippen LogP contribution in [0.1, 0.15) is 6.92 Å². The number of anilines is 1. The molecule has 6 nitrogen and oxygen atoms in total. The molecule has 0 spiro atoms. The summed E-state index contributed by atoms with van der Waals surface area (Å²) in [6, 6.07) is 3.47. The van der Waals surface area contributed by atoms with Gasteiger partial charge in [-0.05, 0) is 13.0 Å². The molecule has 0 aromatic heterocycles. The van der Waals surface area contributed by atoms with Gasteiger partial charge in [0.2, 0.25) is 0 Å². The first-order valence-corrected chi connectivity index (χ1v) is 6.19. The second-order valence-electron chi connectivity index (χ2n) is 4.42. The molecule has 0 fully saturated rings. The van der Waals surface area contributed by atoms with Crippen molar-refractivity contribution in [1.29, 1.82) is 0 Å². The van der Waals surface area contributed by atoms with Gasteiger partial charge >= 0.3 is 0 Å². The van der Waals surface area contributed by atoms with Crippen LogP contribution in [0.4, 0.5) is 15.8 Å². The molecule has 0 aliphatic heterocycles. The second kappa shape index (κ2) is 7.76. The van der Waals surface area contributed by atoms with E-state index in [-0.39, 0.29) is 11.7 Å². The van der Waals surface area contributed by atoms with Gasteiger partial charge in [0.25, 0.3) is 5.69 Å². The van der Waals surface area contributed by atoms with Crippen LogP contribution in [0.5, 0.6) is 0 Å². The zero-order valence-corrected chi connectivity index (χ0v) is 11.8. The highest BCUT2D eigenvalue weighted by atomic mass is 19.1. The van der Waals surface area contributed by atoms with Crippen LogP contribution in [0.15, 0.2) is 18.2 Å². The lowest BCUT2D eigenvalue weighted by molar-refractivity contribution is -0.385. The van der Waals surface area contributed by atoms with Gasteiger partial charge in [0.05, 0.1) is 24.2 Å². The third-order valence-electron chi connectivity index (χ3n) is 2.89. The lowest BCUT2D eigenvalue weighted by atomic mass is 10.2. The van der Waals surface area contributed by atoms with Crippen LogP contribution < -0.4 is 4.90 Å². The topological polar surface area (TPSA) is 64.8 Å². The fourth-order valence-corrected chi connectivity index (χ4v) is 1.96. The molecule has 0 saturated carbocycles. The SMILES string of the molecule is COCCN(c1cc(F)cc([N+](=O)[O-])c1)C(C)COC. The van der Waals surface area contributed by atoms with E-state index in [0.717, 1.165) is 6.07 Å². The zero-order valence-electron chi connectivity index (χ0n) is 11.8. The van der Waals surface area contributed by atoms with E-state index in [4.69, 9.17) is 9.47 Å². The van der Waals surface area contributed by atoms with Crippen LogP contribution in [-0.4, -0.2) is 44.9 Å². The molecule has 1 atom stereocenters. The molecule has 1 rings (SSSR count). The standard InChI is InChI=1S/C13H19FN2O4/c1-10(9-20-3)15(4-5-19-2)12-6-11(14)7-13(8-12)16(17)18/h6-8,10H,4-5,9H2,1-3H3. The van der Waals surface area contributed by atoms with Gasteiger partial charge in [-0.3, -0.25) is 10.1 Å². The zero-order chi connectivity index (χ0) is 15.1. The van der Waals surface area contributed by atoms with Gasteiger partial charge in [-0.15, -0.1) is 0 Å². The number of non-ortho nitro benzene ring substituents is 1. The maximum Gasteiger partial charge on any atom is 0.274 e. The fraction of sp³-hybridized carbons (Fsp3) is 0.538. The number of halogens is 1. The minimum absolute atomic E-state index is 0.0587. The lowest BCUT2D eigenvalue weighted by Gasteiger charge is -2.30. The Kier molecular flexibility index (Phi) is 6.33. The number of methoxy groups -OCH3 is 2. The average molecular weight is 286 g/mol. The Bertz CT molecular complexity index is 456. The first-order chi connectivity index (χ1) is 9.49. The molecular weight excluding hydrogens is 267 g/mol. The molecule has 7 heteroatoms. The van der Waals surface area contributed by atoms with Crippen molar-refractivity contribution in [1.82, 2.24) is 0 Å². The van der Waals surface area contributed by atoms with E-state index >= 15 is 0 Å². The van der Waals surface area contributed by atoms with Gasteiger partial charge in [-0.25, -0.2) is 4.39 Å². The number of benzene rings is 1. The van der Waals surface area contributed by atoms with Crippen molar-refractivity contribution in [3.8, 4) is 0 Å². The molecule has 0 radical (unpaired) electrons. The van der Waals surface area contributed by atoms with Crippen molar-refractivity contribution in [2.24, 2.45) is 0 Å². The number of nitro benzene ring substituents is 1. The van der Waals surface area contributed by atoms with Gasteiger partial charge in [0.1, 0.15) is 5.82 Å². The summed E-state index contributed by atoms with van der Waals surface area (Å²) < 4.78 is 23.6. The van der Waals surface area contributed by atoms with Crippen molar-refractivity contribution < 1.29 is 18.8 Å². The van der Waals surface area contributed by atoms with Crippen molar-refractivity contribution >= 4 is 11.4 Å². The average Bonchev–Trinajstić information content (AvgIpc) is 2.38. The molecule has 20 heavy (non-hydrogen) atoms. The van der Waals surface area contributed by atoms with Crippen molar-refractivity contribution in [2.75, 3.05) is 38.9 Å². The summed E-state index contributed by atoms with van der Waals surface area (Å²) in [4.78, 5) is 12.0. The predicted octanol–water partition coefficient (Wildman–Crippen LogP) is 2.22. The summed E-state index contributed by atoms with van der Waals surface area (Å²) in [5.41, 5.74) is 0.172. The van der Waals surface area contributed by atoms with E-state index in [1.807, 2.05) is 11.8 Å². The molecule has 112 valence electrons. The molecular formula is C13H19FN2O4. The molecule has 1 unspecified atom stereocenters. The summed E-state index contributed by atoms with van der Waals surface area (Å²) in [5, 5.41) is 10.8. The maximum absolute atomic E-state index is 13.5. The number of nitrogens with zero attached hydrogens (tertiary/aromatic N) is 2. The van der Waals surface area contributed by atoms with Crippen LogP contribution in [0.2, 0.25) is 0 Å². The highest BCUT2D eigenvalue weighted by Crippen LogP contribution is 2.25. The summed E-state index contributed by atoms with van der Waals surface area (Å²) >= 11 is 0. The molecule has 1 aromatic rings. The monoisotopic (exact) mass is 286 g/mol. The second-order valence-corrected chi connectivity index (χ2v) is 4.42. The summed E-state index contributed by atoms with van der Waals surface area (Å²) in [7, 11) is 3.13. The number of hydrogen-bond acceptors (Lipinski definition) is 5. The molecule has 0 aliphatic carbocycles. The van der Waals surface area contributed by atoms with Gasteiger partial charge in [0, 0.05) is 38.6 Å². The fourth-order valence-electron chi connectivity index (χ4n) is 1.96. The summed E-state index contributed by atoms with van der Waals surface area (Å²) in [5.74, 6) is -0.638. The van der Waals surface area contributed by atoms with E-state index in [2.05, 4.69) is 0 Å². The largest absolute Gasteiger partial charge is 0.383 e. The quantitative estimate of drug-likeness (QED) is 0.541. The molecule has 1 aromatic carbocycles. The summed E-state index contributed by atoms with van der Waals surface area (Å²) in [6.45, 7) is 3.24. The van der Waals surface area contributed by atoms with E-state index in [1.54, 1.807) is 14.2 Å². The van der Waals surface area contributed by atoms with Crippen LogP contribution in [-0.2, 0) is 9.47 Å². The van der Waals surface area contributed by atoms with E-state index in [9.17, 15) is 14.5 Å². The van der Waals surface area contributed by atoms with E-state index < -0.39 is 10.7 Å². The first-order valence-electron chi connectivity index (χ1n) is 6.19. The molecule has 0 heterocycles. The van der Waals surface area contributed by atoms with E-state index in [0.29, 0.717) is 25.4 Å². The minimum Gasteiger partial charge on any atom is -0.383 e. The molecule has 0 aliphatic rings. The maximum atomic E-state index is 13.5. The third-order valence-corrected chi connectivity index (χ3v) is 2.89. The molecule has 0 N–H and O–H groups in total. The van der Waals surface area contributed by atoms with Crippen molar-refractivity contribution in [3.05, 3.63) is 34.1 Å². The first kappa shape index (κ1) is 16.3. The number of ether oxygens (including phenoxy) is 2. The van der Waals surface area contributed by atoms with Crippen molar-refractivity contribution in [3.63, 3.8) is 0 Å². The van der Waals surface area contributed by atoms with Crippen LogP contribution >= 0.6 is 0 Å². The van der Waals surface area contributed by atoms with Gasteiger partial charge < -0.3 is 14.4 Å². The molecule has 0 amide bonds. The smallest absolute Gasteiger partial charge is 0.274 e. The highest BCUT2D eigenvalue weighted by molar-refractivity contribution is 5.54. The Labute approximate surface area is 117 Å². The highest BCUT2D eigenvalue weighted by Gasteiger charge is 2.18. The van der Waals surface area contributed by atoms with E-state index in [1.165, 1.54) is 12.1 Å². The van der Waals surface area contributed by atoms with Crippen LogP contribution in [0.3, 0.4) is 0 Å². The van der Waals surface area contributed by atoms with Crippen molar-refractivity contribution in [2.45, 2.75) is 13.0 Å². The number of rotatable bonds is 8. The number of hydrogen-bond donors (Lipinski definition) is 0. The van der Waals surface area contributed by atoms with Gasteiger partial charge in [-0.2, -0.15) is 0 Å². The third kappa shape index (κ3) is 4.43. The minimum atomic E-state index is -0.638.